The first kappa shape index (κ1) is 15.0. The molecule has 0 saturated heterocycles. The first-order chi connectivity index (χ1) is 9.86. The zero-order valence-electron chi connectivity index (χ0n) is 12.3. The second kappa shape index (κ2) is 5.95. The van der Waals surface area contributed by atoms with Gasteiger partial charge in [-0.05, 0) is 44.5 Å². The number of fused-ring (bicyclic) bond motifs is 1. The van der Waals surface area contributed by atoms with Crippen LogP contribution in [-0.2, 0) is 16.0 Å². The maximum absolute atomic E-state index is 12.1. The van der Waals surface area contributed by atoms with Crippen molar-refractivity contribution in [1.29, 1.82) is 0 Å². The lowest BCUT2D eigenvalue weighted by molar-refractivity contribution is -0.123. The van der Waals surface area contributed by atoms with Crippen LogP contribution in [0, 0.1) is 0 Å². The summed E-state index contributed by atoms with van der Waals surface area (Å²) in [6, 6.07) is 4.41. The molecule has 0 saturated carbocycles. The number of nitrogens with one attached hydrogen (secondary N) is 3. The minimum Gasteiger partial charge on any atom is -0.352 e. The van der Waals surface area contributed by atoms with Crippen LogP contribution in [0.15, 0.2) is 18.2 Å². The average Bonchev–Trinajstić information content (AvgIpc) is 2.76. The van der Waals surface area contributed by atoms with Crippen LogP contribution in [-0.4, -0.2) is 29.8 Å². The summed E-state index contributed by atoms with van der Waals surface area (Å²) in [7, 11) is 0. The number of amides is 3. The van der Waals surface area contributed by atoms with Crippen molar-refractivity contribution in [2.75, 3.05) is 5.32 Å². The molecule has 3 N–H and O–H groups in total. The Bertz CT molecular complexity index is 596. The molecule has 1 atom stereocenters. The van der Waals surface area contributed by atoms with E-state index in [9.17, 15) is 14.4 Å². The second-order valence-corrected chi connectivity index (χ2v) is 5.46. The number of hydrogen-bond donors (Lipinski definition) is 3. The van der Waals surface area contributed by atoms with E-state index >= 15 is 0 Å². The summed E-state index contributed by atoms with van der Waals surface area (Å²) >= 11 is 0. The Hall–Kier alpha value is -2.37. The van der Waals surface area contributed by atoms with E-state index in [1.807, 2.05) is 13.8 Å². The fourth-order valence-electron chi connectivity index (χ4n) is 2.13. The average molecular weight is 289 g/mol. The summed E-state index contributed by atoms with van der Waals surface area (Å²) in [6.45, 7) is 5.35. The van der Waals surface area contributed by atoms with E-state index in [1.54, 1.807) is 25.1 Å². The number of rotatable bonds is 4. The lowest BCUT2D eigenvalue weighted by Gasteiger charge is -2.16. The Labute approximate surface area is 123 Å². The molecule has 0 spiro atoms. The van der Waals surface area contributed by atoms with Gasteiger partial charge in [-0.2, -0.15) is 0 Å². The largest absolute Gasteiger partial charge is 0.352 e. The van der Waals surface area contributed by atoms with E-state index in [0.717, 1.165) is 11.3 Å². The predicted octanol–water partition coefficient (Wildman–Crippen LogP) is 0.824. The lowest BCUT2D eigenvalue weighted by Crippen LogP contribution is -2.46. The van der Waals surface area contributed by atoms with Gasteiger partial charge in [0, 0.05) is 17.3 Å². The summed E-state index contributed by atoms with van der Waals surface area (Å²) in [5.74, 6) is -0.632. The minimum atomic E-state index is -0.618. The zero-order valence-corrected chi connectivity index (χ0v) is 12.3. The van der Waals surface area contributed by atoms with Crippen molar-refractivity contribution in [1.82, 2.24) is 10.6 Å². The van der Waals surface area contributed by atoms with E-state index in [1.165, 1.54) is 0 Å². The van der Waals surface area contributed by atoms with Crippen LogP contribution in [0.4, 0.5) is 5.69 Å². The van der Waals surface area contributed by atoms with Crippen LogP contribution in [0.2, 0.25) is 0 Å². The van der Waals surface area contributed by atoms with E-state index in [-0.39, 0.29) is 30.2 Å². The van der Waals surface area contributed by atoms with Crippen molar-refractivity contribution >= 4 is 23.4 Å². The molecule has 0 aromatic heterocycles. The molecule has 1 heterocycles. The molecule has 2 rings (SSSR count). The third-order valence-corrected chi connectivity index (χ3v) is 3.16. The number of carbonyl (C=O) groups excluding carboxylic acids is 3. The van der Waals surface area contributed by atoms with E-state index in [4.69, 9.17) is 0 Å². The van der Waals surface area contributed by atoms with Crippen LogP contribution in [0.1, 0.15) is 36.7 Å². The van der Waals surface area contributed by atoms with Gasteiger partial charge in [-0.1, -0.05) is 0 Å². The smallest absolute Gasteiger partial charge is 0.251 e. The Morgan fingerprint density at radius 2 is 1.90 bits per heavy atom. The maximum atomic E-state index is 12.1. The van der Waals surface area contributed by atoms with Gasteiger partial charge >= 0.3 is 0 Å². The van der Waals surface area contributed by atoms with Gasteiger partial charge in [0.15, 0.2) is 0 Å². The van der Waals surface area contributed by atoms with Crippen molar-refractivity contribution in [2.45, 2.75) is 39.3 Å². The number of carbonyl (C=O) groups is 3. The molecular formula is C15H19N3O3. The fraction of sp³-hybridized carbons (Fsp3) is 0.400. The summed E-state index contributed by atoms with van der Waals surface area (Å²) in [5.41, 5.74) is 1.98. The number of benzene rings is 1. The highest BCUT2D eigenvalue weighted by Crippen LogP contribution is 2.23. The monoisotopic (exact) mass is 289 g/mol. The van der Waals surface area contributed by atoms with Gasteiger partial charge in [0.05, 0.1) is 6.42 Å². The van der Waals surface area contributed by atoms with Gasteiger partial charge in [0.25, 0.3) is 5.91 Å². The maximum Gasteiger partial charge on any atom is 0.251 e. The van der Waals surface area contributed by atoms with Crippen molar-refractivity contribution in [3.8, 4) is 0 Å². The third kappa shape index (κ3) is 3.59. The van der Waals surface area contributed by atoms with Crippen LogP contribution in [0.3, 0.4) is 0 Å². The minimum absolute atomic E-state index is 0.0222. The van der Waals surface area contributed by atoms with Gasteiger partial charge in [-0.3, -0.25) is 14.4 Å². The molecular weight excluding hydrogens is 270 g/mol. The van der Waals surface area contributed by atoms with Crippen LogP contribution < -0.4 is 16.0 Å². The number of anilines is 1. The Balaban J connectivity index is 2.03. The molecule has 1 aromatic carbocycles. The first-order valence-corrected chi connectivity index (χ1v) is 6.91. The second-order valence-electron chi connectivity index (χ2n) is 5.46. The molecule has 3 amide bonds. The Morgan fingerprint density at radius 1 is 1.19 bits per heavy atom. The van der Waals surface area contributed by atoms with Gasteiger partial charge in [0.1, 0.15) is 6.04 Å². The van der Waals surface area contributed by atoms with Gasteiger partial charge in [-0.15, -0.1) is 0 Å². The first-order valence-electron chi connectivity index (χ1n) is 6.91. The van der Waals surface area contributed by atoms with E-state index in [2.05, 4.69) is 16.0 Å². The summed E-state index contributed by atoms with van der Waals surface area (Å²) in [6.07, 6.45) is 0.278. The van der Waals surface area contributed by atoms with Crippen molar-refractivity contribution in [2.24, 2.45) is 0 Å². The topological polar surface area (TPSA) is 87.3 Å². The standard InChI is InChI=1S/C15H19N3O3/c1-8(2)16-14(20)9(3)17-15(21)10-4-5-12-11(6-10)7-13(19)18-12/h4-6,8-9H,7H2,1-3H3,(H,16,20)(H,17,21)(H,18,19). The zero-order chi connectivity index (χ0) is 15.6. The van der Waals surface area contributed by atoms with E-state index in [0.29, 0.717) is 5.56 Å². The van der Waals surface area contributed by atoms with Crippen LogP contribution in [0.5, 0.6) is 0 Å². The molecule has 6 nitrogen and oxygen atoms in total. The molecule has 0 radical (unpaired) electrons. The molecule has 0 fully saturated rings. The van der Waals surface area contributed by atoms with Crippen molar-refractivity contribution < 1.29 is 14.4 Å². The van der Waals surface area contributed by atoms with Crippen LogP contribution >= 0.6 is 0 Å². The van der Waals surface area contributed by atoms with Gasteiger partial charge in [-0.25, -0.2) is 0 Å². The summed E-state index contributed by atoms with van der Waals surface area (Å²) in [4.78, 5) is 35.2. The molecule has 1 aliphatic rings. The quantitative estimate of drug-likeness (QED) is 0.767. The lowest BCUT2D eigenvalue weighted by atomic mass is 10.1. The molecule has 0 bridgehead atoms. The molecule has 112 valence electrons. The van der Waals surface area contributed by atoms with Gasteiger partial charge in [0.2, 0.25) is 11.8 Å². The molecule has 6 heteroatoms. The summed E-state index contributed by atoms with van der Waals surface area (Å²) < 4.78 is 0. The van der Waals surface area contributed by atoms with Gasteiger partial charge < -0.3 is 16.0 Å². The highest BCUT2D eigenvalue weighted by atomic mass is 16.2. The molecule has 1 aliphatic heterocycles. The molecule has 1 aromatic rings. The predicted molar refractivity (Wildman–Crippen MR) is 79.0 cm³/mol. The molecule has 21 heavy (non-hydrogen) atoms. The highest BCUT2D eigenvalue weighted by Gasteiger charge is 2.21. The summed E-state index contributed by atoms with van der Waals surface area (Å²) in [5, 5.41) is 8.10. The SMILES string of the molecule is CC(C)NC(=O)C(C)NC(=O)c1ccc2c(c1)CC(=O)N2. The molecule has 1 unspecified atom stereocenters. The Morgan fingerprint density at radius 3 is 2.57 bits per heavy atom. The Kier molecular flexibility index (Phi) is 4.26. The highest BCUT2D eigenvalue weighted by molar-refractivity contribution is 6.02. The fourth-order valence-corrected chi connectivity index (χ4v) is 2.13. The molecule has 0 aliphatic carbocycles. The van der Waals surface area contributed by atoms with Crippen LogP contribution in [0.25, 0.3) is 0 Å². The van der Waals surface area contributed by atoms with Crippen molar-refractivity contribution in [3.63, 3.8) is 0 Å². The normalized spacial score (nSPS) is 14.4. The number of hydrogen-bond acceptors (Lipinski definition) is 3. The van der Waals surface area contributed by atoms with Crippen molar-refractivity contribution in [3.05, 3.63) is 29.3 Å². The third-order valence-electron chi connectivity index (χ3n) is 3.16. The van der Waals surface area contributed by atoms with E-state index < -0.39 is 6.04 Å².